The van der Waals surface area contributed by atoms with Crippen LogP contribution in [-0.2, 0) is 7.05 Å². The van der Waals surface area contributed by atoms with Gasteiger partial charge < -0.3 is 15.2 Å². The zero-order chi connectivity index (χ0) is 17.8. The van der Waals surface area contributed by atoms with Gasteiger partial charge in [0.15, 0.2) is 0 Å². The van der Waals surface area contributed by atoms with Crippen LogP contribution in [0.3, 0.4) is 0 Å². The number of rotatable bonds is 4. The topological polar surface area (TPSA) is 59.0 Å². The molecule has 2 aromatic carbocycles. The smallest absolute Gasteiger partial charge is 0.320 e. The largest absolute Gasteiger partial charge is 0.336 e. The number of hydrogen-bond donors (Lipinski definition) is 2. The summed E-state index contributed by atoms with van der Waals surface area (Å²) >= 11 is 0. The van der Waals surface area contributed by atoms with Gasteiger partial charge in [-0.05, 0) is 42.0 Å². The average molecular weight is 342 g/mol. The molecule has 0 unspecified atom stereocenters. The minimum absolute atomic E-state index is 0.392. The molecule has 2 amide bonds. The number of urea groups is 1. The molecule has 0 spiro atoms. The molecule has 0 radical (unpaired) electrons. The molecular formula is C18H16F2N4O. The number of halogens is 2. The molecular weight excluding hydrogens is 326 g/mol. The van der Waals surface area contributed by atoms with Crippen LogP contribution in [0.5, 0.6) is 0 Å². The Kier molecular flexibility index (Phi) is 4.74. The molecule has 128 valence electrons. The summed E-state index contributed by atoms with van der Waals surface area (Å²) in [5, 5.41) is 5.39. The van der Waals surface area contributed by atoms with Crippen LogP contribution >= 0.6 is 0 Å². The highest BCUT2D eigenvalue weighted by molar-refractivity contribution is 5.89. The molecule has 7 heteroatoms. The fourth-order valence-corrected chi connectivity index (χ4v) is 2.47. The number of nitrogens with one attached hydrogen (secondary N) is 2. The van der Waals surface area contributed by atoms with Crippen molar-refractivity contribution in [3.8, 4) is 0 Å². The molecule has 3 rings (SSSR count). The first-order chi connectivity index (χ1) is 12.0. The van der Waals surface area contributed by atoms with E-state index in [9.17, 15) is 13.6 Å². The Balaban J connectivity index is 1.83. The first kappa shape index (κ1) is 16.6. The molecule has 5 nitrogen and oxygen atoms in total. The predicted octanol–water partition coefficient (Wildman–Crippen LogP) is 3.61. The molecule has 0 fully saturated rings. The number of hydrogen-bond acceptors (Lipinski definition) is 2. The van der Waals surface area contributed by atoms with E-state index in [0.29, 0.717) is 17.1 Å². The van der Waals surface area contributed by atoms with Gasteiger partial charge in [0.1, 0.15) is 23.5 Å². The van der Waals surface area contributed by atoms with Gasteiger partial charge in [-0.2, -0.15) is 0 Å². The summed E-state index contributed by atoms with van der Waals surface area (Å²) in [5.74, 6) is -0.242. The zero-order valence-corrected chi connectivity index (χ0v) is 13.4. The Labute approximate surface area is 143 Å². The van der Waals surface area contributed by atoms with Gasteiger partial charge in [0.25, 0.3) is 0 Å². The highest BCUT2D eigenvalue weighted by atomic mass is 19.1. The van der Waals surface area contributed by atoms with Gasteiger partial charge in [0, 0.05) is 25.1 Å². The average Bonchev–Trinajstić information content (AvgIpc) is 3.00. The lowest BCUT2D eigenvalue weighted by Crippen LogP contribution is -2.34. The third-order valence-electron chi connectivity index (χ3n) is 3.68. The van der Waals surface area contributed by atoms with Gasteiger partial charge in [-0.15, -0.1) is 0 Å². The van der Waals surface area contributed by atoms with E-state index in [4.69, 9.17) is 0 Å². The normalized spacial score (nSPS) is 11.8. The van der Waals surface area contributed by atoms with E-state index in [0.717, 1.165) is 0 Å². The Bertz CT molecular complexity index is 877. The number of anilines is 1. The van der Waals surface area contributed by atoms with Gasteiger partial charge in [-0.3, -0.25) is 0 Å². The van der Waals surface area contributed by atoms with Gasteiger partial charge >= 0.3 is 6.03 Å². The first-order valence-corrected chi connectivity index (χ1v) is 7.59. The fourth-order valence-electron chi connectivity index (χ4n) is 2.47. The SMILES string of the molecule is Cn1ccnc1[C@H](NC(=O)Nc1ccc(F)cc1)c1cccc(F)c1. The van der Waals surface area contributed by atoms with E-state index >= 15 is 0 Å². The molecule has 25 heavy (non-hydrogen) atoms. The van der Waals surface area contributed by atoms with Crippen LogP contribution in [0.2, 0.25) is 0 Å². The maximum absolute atomic E-state index is 13.6. The van der Waals surface area contributed by atoms with Crippen LogP contribution in [0.1, 0.15) is 17.4 Å². The van der Waals surface area contributed by atoms with Crippen molar-refractivity contribution in [2.75, 3.05) is 5.32 Å². The summed E-state index contributed by atoms with van der Waals surface area (Å²) in [6.45, 7) is 0. The molecule has 0 aliphatic carbocycles. The molecule has 0 saturated carbocycles. The van der Waals surface area contributed by atoms with Crippen molar-refractivity contribution in [2.24, 2.45) is 7.05 Å². The Morgan fingerprint density at radius 3 is 2.52 bits per heavy atom. The number of imidazole rings is 1. The lowest BCUT2D eigenvalue weighted by molar-refractivity contribution is 0.249. The van der Waals surface area contributed by atoms with Crippen molar-refractivity contribution in [3.63, 3.8) is 0 Å². The van der Waals surface area contributed by atoms with Crippen LogP contribution in [0.15, 0.2) is 60.9 Å². The quantitative estimate of drug-likeness (QED) is 0.761. The van der Waals surface area contributed by atoms with E-state index in [1.54, 1.807) is 36.1 Å². The maximum atomic E-state index is 13.6. The fraction of sp³-hybridized carbons (Fsp3) is 0.111. The monoisotopic (exact) mass is 342 g/mol. The molecule has 0 aliphatic heterocycles. The lowest BCUT2D eigenvalue weighted by atomic mass is 10.1. The highest BCUT2D eigenvalue weighted by Crippen LogP contribution is 2.21. The lowest BCUT2D eigenvalue weighted by Gasteiger charge is -2.19. The second kappa shape index (κ2) is 7.12. The molecule has 1 aromatic heterocycles. The van der Waals surface area contributed by atoms with Crippen LogP contribution in [0.25, 0.3) is 0 Å². The standard InChI is InChI=1S/C18H16F2N4O/c1-24-10-9-21-17(24)16(12-3-2-4-14(20)11-12)23-18(25)22-15-7-5-13(19)6-8-15/h2-11,16H,1H3,(H2,22,23,25)/t16-/m1/s1. The minimum atomic E-state index is -0.642. The Morgan fingerprint density at radius 1 is 1.12 bits per heavy atom. The molecule has 0 aliphatic rings. The van der Waals surface area contributed by atoms with E-state index < -0.39 is 23.7 Å². The molecule has 1 atom stereocenters. The van der Waals surface area contributed by atoms with Crippen molar-refractivity contribution in [3.05, 3.63) is 83.9 Å². The summed E-state index contributed by atoms with van der Waals surface area (Å²) in [6, 6.07) is 10.2. The minimum Gasteiger partial charge on any atom is -0.336 e. The number of carbonyl (C=O) groups is 1. The van der Waals surface area contributed by atoms with Crippen molar-refractivity contribution >= 4 is 11.7 Å². The second-order valence-electron chi connectivity index (χ2n) is 5.49. The summed E-state index contributed by atoms with van der Waals surface area (Å²) < 4.78 is 28.3. The third kappa shape index (κ3) is 4.00. The summed E-state index contributed by atoms with van der Waals surface area (Å²) in [6.07, 6.45) is 3.34. The van der Waals surface area contributed by atoms with E-state index in [-0.39, 0.29) is 0 Å². The number of aryl methyl sites for hydroxylation is 1. The highest BCUT2D eigenvalue weighted by Gasteiger charge is 2.21. The van der Waals surface area contributed by atoms with Crippen LogP contribution in [-0.4, -0.2) is 15.6 Å². The number of amides is 2. The van der Waals surface area contributed by atoms with Gasteiger partial charge in [0.05, 0.1) is 0 Å². The number of benzene rings is 2. The second-order valence-corrected chi connectivity index (χ2v) is 5.49. The van der Waals surface area contributed by atoms with Crippen LogP contribution in [0, 0.1) is 11.6 Å². The van der Waals surface area contributed by atoms with Crippen LogP contribution in [0.4, 0.5) is 19.3 Å². The van der Waals surface area contributed by atoms with Crippen molar-refractivity contribution in [1.29, 1.82) is 0 Å². The maximum Gasteiger partial charge on any atom is 0.320 e. The Hall–Kier alpha value is -3.22. The molecule has 3 aromatic rings. The zero-order valence-electron chi connectivity index (χ0n) is 13.4. The van der Waals surface area contributed by atoms with Crippen molar-refractivity contribution in [1.82, 2.24) is 14.9 Å². The number of carbonyl (C=O) groups excluding carboxylic acids is 1. The predicted molar refractivity (Wildman–Crippen MR) is 90.0 cm³/mol. The van der Waals surface area contributed by atoms with E-state index in [2.05, 4.69) is 15.6 Å². The molecule has 0 saturated heterocycles. The van der Waals surface area contributed by atoms with Gasteiger partial charge in [0.2, 0.25) is 0 Å². The molecule has 0 bridgehead atoms. The van der Waals surface area contributed by atoms with Gasteiger partial charge in [-0.1, -0.05) is 12.1 Å². The number of aromatic nitrogens is 2. The summed E-state index contributed by atoms with van der Waals surface area (Å²) in [7, 11) is 1.79. The summed E-state index contributed by atoms with van der Waals surface area (Å²) in [5.41, 5.74) is 1.00. The summed E-state index contributed by atoms with van der Waals surface area (Å²) in [4.78, 5) is 16.6. The first-order valence-electron chi connectivity index (χ1n) is 7.59. The van der Waals surface area contributed by atoms with Crippen molar-refractivity contribution in [2.45, 2.75) is 6.04 Å². The molecule has 1 heterocycles. The van der Waals surface area contributed by atoms with E-state index in [1.807, 2.05) is 0 Å². The van der Waals surface area contributed by atoms with Crippen molar-refractivity contribution < 1.29 is 13.6 Å². The third-order valence-corrected chi connectivity index (χ3v) is 3.68. The van der Waals surface area contributed by atoms with Crippen LogP contribution < -0.4 is 10.6 Å². The molecule has 2 N–H and O–H groups in total. The number of nitrogens with zero attached hydrogens (tertiary/aromatic N) is 2. The Morgan fingerprint density at radius 2 is 1.88 bits per heavy atom. The van der Waals surface area contributed by atoms with E-state index in [1.165, 1.54) is 36.4 Å². The van der Waals surface area contributed by atoms with Gasteiger partial charge in [-0.25, -0.2) is 18.6 Å².